The molecule has 11 atom stereocenters. The molecule has 0 bridgehead atoms. The average molecular weight is 590 g/mol. The third-order valence-electron chi connectivity index (χ3n) is 13.5. The van der Waals surface area contributed by atoms with Crippen molar-refractivity contribution in [2.75, 3.05) is 13.2 Å². The molecule has 5 fully saturated rings. The number of piperidine rings is 1. The van der Waals surface area contributed by atoms with Crippen molar-refractivity contribution in [3.05, 3.63) is 47.0 Å². The van der Waals surface area contributed by atoms with Crippen LogP contribution in [-0.2, 0) is 20.9 Å². The molecule has 7 rings (SSSR count). The zero-order valence-electron chi connectivity index (χ0n) is 26.6. The minimum Gasteiger partial charge on any atom is -0.445 e. The number of benzene rings is 1. The normalized spacial score (nSPS) is 44.0. The molecule has 0 radical (unpaired) electrons. The smallest absolute Gasteiger partial charge is 0.410 e. The number of fused-ring (bicyclic) bond motifs is 6. The van der Waals surface area contributed by atoms with Gasteiger partial charge in [-0.25, -0.2) is 4.79 Å². The van der Waals surface area contributed by atoms with Crippen molar-refractivity contribution in [2.24, 2.45) is 46.8 Å². The lowest BCUT2D eigenvalue weighted by Crippen LogP contribution is -2.54. The summed E-state index contributed by atoms with van der Waals surface area (Å²) in [6.07, 6.45) is 8.96. The number of rotatable bonds is 3. The number of hydrogen-bond donors (Lipinski definition) is 1. The van der Waals surface area contributed by atoms with Gasteiger partial charge in [-0.3, -0.25) is 4.79 Å². The molecule has 2 aliphatic heterocycles. The summed E-state index contributed by atoms with van der Waals surface area (Å²) in [6, 6.07) is 9.99. The predicted molar refractivity (Wildman–Crippen MR) is 165 cm³/mol. The first-order valence-corrected chi connectivity index (χ1v) is 17.1. The highest BCUT2D eigenvalue weighted by atomic mass is 16.6. The fourth-order valence-electron chi connectivity index (χ4n) is 11.4. The Labute approximate surface area is 257 Å². The maximum atomic E-state index is 13.5. The van der Waals surface area contributed by atoms with Gasteiger partial charge in [0.1, 0.15) is 12.4 Å². The minimum absolute atomic E-state index is 0.0111. The van der Waals surface area contributed by atoms with E-state index in [1.165, 1.54) is 12.0 Å². The Morgan fingerprint density at radius 3 is 2.67 bits per heavy atom. The van der Waals surface area contributed by atoms with Gasteiger partial charge in [0, 0.05) is 24.8 Å². The number of Topliss-reactive ketones (excluding diaryl/α,β-unsaturated/α-hetero) is 1. The predicted octanol–water partition coefficient (Wildman–Crippen LogP) is 6.95. The molecule has 1 N–H and O–H groups in total. The molecule has 3 saturated carbocycles. The van der Waals surface area contributed by atoms with Crippen molar-refractivity contribution in [3.63, 3.8) is 0 Å². The lowest BCUT2D eigenvalue weighted by molar-refractivity contribution is -0.142. The quantitative estimate of drug-likeness (QED) is 0.386. The van der Waals surface area contributed by atoms with E-state index in [0.29, 0.717) is 42.6 Å². The molecule has 2 saturated heterocycles. The van der Waals surface area contributed by atoms with Gasteiger partial charge in [0.2, 0.25) is 0 Å². The number of carbonyl (C=O) groups excluding carboxylic acids is 2. The minimum atomic E-state index is -0.241. The molecule has 1 aromatic rings. The zero-order chi connectivity index (χ0) is 30.1. The topological polar surface area (TPSA) is 76.1 Å². The highest BCUT2D eigenvalue weighted by Gasteiger charge is 2.61. The largest absolute Gasteiger partial charge is 0.445 e. The fraction of sp³-hybridized carbons (Fsp3) is 0.730. The summed E-state index contributed by atoms with van der Waals surface area (Å²) < 4.78 is 13.0. The van der Waals surface area contributed by atoms with Gasteiger partial charge in [0.15, 0.2) is 0 Å². The molecule has 234 valence electrons. The molecule has 2 heterocycles. The number of aliphatic hydroxyl groups is 1. The van der Waals surface area contributed by atoms with Crippen LogP contribution >= 0.6 is 0 Å². The summed E-state index contributed by atoms with van der Waals surface area (Å²) in [7, 11) is 0. The van der Waals surface area contributed by atoms with Crippen LogP contribution in [0.2, 0.25) is 0 Å². The lowest BCUT2D eigenvalue weighted by atomic mass is 9.50. The van der Waals surface area contributed by atoms with Gasteiger partial charge in [-0.1, -0.05) is 62.2 Å². The third kappa shape index (κ3) is 4.72. The summed E-state index contributed by atoms with van der Waals surface area (Å²) in [4.78, 5) is 28.3. The molecule has 4 aliphatic carbocycles. The van der Waals surface area contributed by atoms with Crippen molar-refractivity contribution >= 4 is 11.9 Å². The van der Waals surface area contributed by atoms with E-state index in [2.05, 4.69) is 27.7 Å². The molecule has 43 heavy (non-hydrogen) atoms. The standard InChI is InChI=1S/C37H51NO5/c1-22-16-33-34(38(19-22)35(41)42-21-25-8-6-5-7-9-25)24(3)37(43-33)15-12-26-27-10-11-30-29(20-39)32(40)13-14-36(30,4)31(27)17-28(26)23(2)18-37/h5-9,22,24,26-27,29-31,33-34,39H,10-21H2,1-4H3/t22-,24+,26-,27-,29?,30+,31-,33+,34-,36-,37-/m0/s1. The van der Waals surface area contributed by atoms with Crippen molar-refractivity contribution in [2.45, 2.75) is 110 Å². The second kappa shape index (κ2) is 11.0. The summed E-state index contributed by atoms with van der Waals surface area (Å²) in [5.41, 5.74) is 4.10. The summed E-state index contributed by atoms with van der Waals surface area (Å²) in [5, 5.41) is 10.1. The second-order valence-corrected chi connectivity index (χ2v) is 15.6. The van der Waals surface area contributed by atoms with Gasteiger partial charge >= 0.3 is 6.09 Å². The summed E-state index contributed by atoms with van der Waals surface area (Å²) >= 11 is 0. The van der Waals surface area contributed by atoms with Crippen LogP contribution in [0.25, 0.3) is 0 Å². The van der Waals surface area contributed by atoms with E-state index in [-0.39, 0.29) is 53.5 Å². The monoisotopic (exact) mass is 589 g/mol. The van der Waals surface area contributed by atoms with Crippen LogP contribution in [0.15, 0.2) is 41.5 Å². The Hall–Kier alpha value is -2.18. The summed E-state index contributed by atoms with van der Waals surface area (Å²) in [5.74, 6) is 2.93. The molecule has 1 spiro atoms. The van der Waals surface area contributed by atoms with Crippen LogP contribution in [0.5, 0.6) is 0 Å². The van der Waals surface area contributed by atoms with Crippen molar-refractivity contribution in [3.8, 4) is 0 Å². The molecular weight excluding hydrogens is 538 g/mol. The number of ketones is 1. The lowest BCUT2D eigenvalue weighted by Gasteiger charge is -2.54. The van der Waals surface area contributed by atoms with Crippen LogP contribution in [0.1, 0.15) is 91.0 Å². The highest BCUT2D eigenvalue weighted by Crippen LogP contribution is 2.65. The maximum absolute atomic E-state index is 13.5. The van der Waals surface area contributed by atoms with Crippen LogP contribution in [0.3, 0.4) is 0 Å². The zero-order valence-corrected chi connectivity index (χ0v) is 26.6. The number of nitrogens with zero attached hydrogens (tertiary/aromatic N) is 1. The Morgan fingerprint density at radius 1 is 1.12 bits per heavy atom. The Balaban J connectivity index is 1.11. The molecule has 1 unspecified atom stereocenters. The van der Waals surface area contributed by atoms with E-state index in [4.69, 9.17) is 9.47 Å². The maximum Gasteiger partial charge on any atom is 0.410 e. The molecule has 1 amide bonds. The number of ether oxygens (including phenoxy) is 2. The van der Waals surface area contributed by atoms with Gasteiger partial charge in [-0.2, -0.15) is 0 Å². The molecule has 6 aliphatic rings. The fourth-order valence-corrected chi connectivity index (χ4v) is 11.4. The number of likely N-dealkylation sites (tertiary alicyclic amines) is 1. The first kappa shape index (κ1) is 29.5. The van der Waals surface area contributed by atoms with E-state index in [1.807, 2.05) is 35.2 Å². The van der Waals surface area contributed by atoms with Gasteiger partial charge in [-0.05, 0) is 98.9 Å². The van der Waals surface area contributed by atoms with Crippen LogP contribution < -0.4 is 0 Å². The Kier molecular flexibility index (Phi) is 7.56. The van der Waals surface area contributed by atoms with Crippen molar-refractivity contribution in [1.82, 2.24) is 4.90 Å². The average Bonchev–Trinajstić information content (AvgIpc) is 3.46. The first-order valence-electron chi connectivity index (χ1n) is 17.1. The van der Waals surface area contributed by atoms with Crippen LogP contribution in [-0.4, -0.2) is 52.8 Å². The molecule has 0 aromatic heterocycles. The summed E-state index contributed by atoms with van der Waals surface area (Å²) in [6.45, 7) is 10.4. The van der Waals surface area contributed by atoms with Crippen LogP contribution in [0.4, 0.5) is 4.79 Å². The SMILES string of the molecule is CC1=C2C[C@H]3[C@@H](CC[C@@H]4C(CO)C(=O)CC[C@@]43C)[C@@H]2CC[C@@]2(C1)O[C@@H]1C[C@H](C)CN(C(=O)OCc3ccccc3)[C@H]1[C@H]2C. The number of amides is 1. The molecule has 6 heteroatoms. The van der Waals surface area contributed by atoms with Gasteiger partial charge in [-0.15, -0.1) is 0 Å². The van der Waals surface area contributed by atoms with Gasteiger partial charge < -0.3 is 19.5 Å². The highest BCUT2D eigenvalue weighted by molar-refractivity contribution is 5.82. The van der Waals surface area contributed by atoms with Gasteiger partial charge in [0.05, 0.1) is 24.4 Å². The van der Waals surface area contributed by atoms with E-state index < -0.39 is 0 Å². The molecule has 6 nitrogen and oxygen atoms in total. The Bertz CT molecular complexity index is 1280. The second-order valence-electron chi connectivity index (χ2n) is 15.6. The van der Waals surface area contributed by atoms with Crippen LogP contribution in [0, 0.1) is 46.8 Å². The van der Waals surface area contributed by atoms with E-state index in [0.717, 1.165) is 57.1 Å². The number of hydrogen-bond acceptors (Lipinski definition) is 5. The van der Waals surface area contributed by atoms with E-state index >= 15 is 0 Å². The first-order chi connectivity index (χ1) is 20.6. The van der Waals surface area contributed by atoms with Crippen molar-refractivity contribution in [1.29, 1.82) is 0 Å². The molecular formula is C37H51NO5. The van der Waals surface area contributed by atoms with E-state index in [1.54, 1.807) is 5.57 Å². The van der Waals surface area contributed by atoms with Gasteiger partial charge in [0.25, 0.3) is 0 Å². The number of allylic oxidation sites excluding steroid dienone is 1. The van der Waals surface area contributed by atoms with Crippen molar-refractivity contribution < 1.29 is 24.2 Å². The number of aliphatic hydroxyl groups excluding tert-OH is 1. The van der Waals surface area contributed by atoms with E-state index in [9.17, 15) is 14.7 Å². The molecule has 1 aromatic carbocycles. The number of carbonyl (C=O) groups is 2. The third-order valence-corrected chi connectivity index (χ3v) is 13.5. The Morgan fingerprint density at radius 2 is 1.91 bits per heavy atom.